The molecule has 2 heterocycles. The first-order valence-corrected chi connectivity index (χ1v) is 9.23. The fourth-order valence-electron chi connectivity index (χ4n) is 4.00. The highest BCUT2D eigenvalue weighted by molar-refractivity contribution is 6.22. The van der Waals surface area contributed by atoms with Crippen LogP contribution in [0.15, 0.2) is 24.3 Å². The fourth-order valence-corrected chi connectivity index (χ4v) is 4.00. The monoisotopic (exact) mass is 342 g/mol. The van der Waals surface area contributed by atoms with Gasteiger partial charge >= 0.3 is 0 Å². The summed E-state index contributed by atoms with van der Waals surface area (Å²) in [6, 6.07) is 6.34. The number of hydrogen-bond donors (Lipinski definition) is 0. The summed E-state index contributed by atoms with van der Waals surface area (Å²) in [6.45, 7) is 6.82. The van der Waals surface area contributed by atoms with Gasteiger partial charge < -0.3 is 4.90 Å². The zero-order valence-corrected chi connectivity index (χ0v) is 15.2. The third-order valence-corrected chi connectivity index (χ3v) is 5.25. The van der Waals surface area contributed by atoms with Crippen LogP contribution in [-0.4, -0.2) is 46.1 Å². The third-order valence-electron chi connectivity index (χ3n) is 5.25. The van der Waals surface area contributed by atoms with Crippen LogP contribution in [-0.2, 0) is 4.79 Å². The van der Waals surface area contributed by atoms with Crippen LogP contribution in [0.3, 0.4) is 0 Å². The summed E-state index contributed by atoms with van der Waals surface area (Å²) < 4.78 is 0. The van der Waals surface area contributed by atoms with Crippen molar-refractivity contribution in [1.82, 2.24) is 9.80 Å². The van der Waals surface area contributed by atoms with E-state index in [2.05, 4.69) is 6.92 Å². The molecule has 1 fully saturated rings. The molecule has 3 rings (SSSR count). The normalized spacial score (nSPS) is 21.2. The van der Waals surface area contributed by atoms with E-state index in [1.807, 2.05) is 18.7 Å². The van der Waals surface area contributed by atoms with Crippen LogP contribution in [0.1, 0.15) is 67.2 Å². The fraction of sp³-hybridized carbons (Fsp3) is 0.550. The second-order valence-electron chi connectivity index (χ2n) is 7.41. The molecule has 3 amide bonds. The first kappa shape index (κ1) is 17.6. The van der Waals surface area contributed by atoms with Crippen LogP contribution in [0.2, 0.25) is 0 Å². The predicted molar refractivity (Wildman–Crippen MR) is 95.2 cm³/mol. The zero-order valence-electron chi connectivity index (χ0n) is 15.2. The Bertz CT molecular complexity index is 663. The summed E-state index contributed by atoms with van der Waals surface area (Å²) in [5.41, 5.74) is 0.810. The van der Waals surface area contributed by atoms with Crippen LogP contribution < -0.4 is 0 Å². The van der Waals surface area contributed by atoms with E-state index in [1.165, 1.54) is 4.90 Å². The molecule has 2 unspecified atom stereocenters. The molecule has 2 atom stereocenters. The largest absolute Gasteiger partial charge is 0.338 e. The molecule has 0 radical (unpaired) electrons. The molecule has 1 saturated heterocycles. The van der Waals surface area contributed by atoms with Crippen molar-refractivity contribution < 1.29 is 14.4 Å². The number of imide groups is 1. The minimum absolute atomic E-state index is 0.0763. The van der Waals surface area contributed by atoms with Crippen LogP contribution in [0, 0.1) is 5.92 Å². The van der Waals surface area contributed by atoms with Crippen molar-refractivity contribution in [1.29, 1.82) is 0 Å². The molecule has 5 heteroatoms. The van der Waals surface area contributed by atoms with E-state index in [1.54, 1.807) is 24.3 Å². The molecular formula is C20H26N2O3. The molecule has 0 N–H and O–H groups in total. The van der Waals surface area contributed by atoms with Gasteiger partial charge in [0.1, 0.15) is 6.04 Å². The van der Waals surface area contributed by atoms with Gasteiger partial charge in [-0.25, -0.2) is 0 Å². The van der Waals surface area contributed by atoms with E-state index < -0.39 is 6.04 Å². The topological polar surface area (TPSA) is 57.7 Å². The van der Waals surface area contributed by atoms with Gasteiger partial charge in [-0.05, 0) is 43.7 Å². The number of rotatable bonds is 5. The maximum atomic E-state index is 13.3. The molecule has 1 aromatic carbocycles. The molecular weight excluding hydrogens is 316 g/mol. The first-order valence-electron chi connectivity index (χ1n) is 9.23. The average molecular weight is 342 g/mol. The number of benzene rings is 1. The zero-order chi connectivity index (χ0) is 18.1. The van der Waals surface area contributed by atoms with E-state index in [4.69, 9.17) is 0 Å². The Morgan fingerprint density at radius 1 is 1.16 bits per heavy atom. The maximum absolute atomic E-state index is 13.3. The van der Waals surface area contributed by atoms with Gasteiger partial charge in [0.05, 0.1) is 11.1 Å². The number of nitrogens with zero attached hydrogens (tertiary/aromatic N) is 2. The summed E-state index contributed by atoms with van der Waals surface area (Å²) in [4.78, 5) is 42.0. The van der Waals surface area contributed by atoms with Crippen LogP contribution in [0.5, 0.6) is 0 Å². The van der Waals surface area contributed by atoms with E-state index in [0.29, 0.717) is 17.5 Å². The quantitative estimate of drug-likeness (QED) is 0.773. The molecule has 2 aliphatic rings. The molecule has 25 heavy (non-hydrogen) atoms. The number of carbonyl (C=O) groups is 3. The van der Waals surface area contributed by atoms with Crippen molar-refractivity contribution in [3.05, 3.63) is 35.4 Å². The molecule has 0 aromatic heterocycles. The van der Waals surface area contributed by atoms with Gasteiger partial charge in [0.25, 0.3) is 11.8 Å². The molecule has 0 saturated carbocycles. The second-order valence-corrected chi connectivity index (χ2v) is 7.41. The van der Waals surface area contributed by atoms with Crippen molar-refractivity contribution in [2.75, 3.05) is 6.54 Å². The summed E-state index contributed by atoms with van der Waals surface area (Å²) in [7, 11) is 0. The van der Waals surface area contributed by atoms with Gasteiger partial charge in [-0.3, -0.25) is 19.3 Å². The number of fused-ring (bicyclic) bond motifs is 1. The molecule has 0 bridgehead atoms. The molecule has 134 valence electrons. The second kappa shape index (κ2) is 6.98. The Hall–Kier alpha value is -2.17. The van der Waals surface area contributed by atoms with Gasteiger partial charge in [-0.2, -0.15) is 0 Å². The Kier molecular flexibility index (Phi) is 4.93. The summed E-state index contributed by atoms with van der Waals surface area (Å²) in [5, 5.41) is 0. The van der Waals surface area contributed by atoms with Gasteiger partial charge in [0.2, 0.25) is 5.91 Å². The van der Waals surface area contributed by atoms with Crippen molar-refractivity contribution >= 4 is 17.7 Å². The average Bonchev–Trinajstić information content (AvgIpc) is 3.16. The minimum Gasteiger partial charge on any atom is -0.338 e. The van der Waals surface area contributed by atoms with E-state index in [-0.39, 0.29) is 29.7 Å². The van der Waals surface area contributed by atoms with Crippen LogP contribution in [0.4, 0.5) is 0 Å². The minimum atomic E-state index is -0.709. The van der Waals surface area contributed by atoms with Gasteiger partial charge in [0.15, 0.2) is 0 Å². The number of carbonyl (C=O) groups excluding carboxylic acids is 3. The third kappa shape index (κ3) is 3.08. The molecule has 5 nitrogen and oxygen atoms in total. The summed E-state index contributed by atoms with van der Waals surface area (Å²) >= 11 is 0. The lowest BCUT2D eigenvalue weighted by Gasteiger charge is -2.33. The number of hydrogen-bond acceptors (Lipinski definition) is 3. The van der Waals surface area contributed by atoms with Gasteiger partial charge in [-0.1, -0.05) is 32.9 Å². The highest BCUT2D eigenvalue weighted by Crippen LogP contribution is 2.30. The first-order chi connectivity index (χ1) is 12.0. The Labute approximate surface area is 149 Å². The summed E-state index contributed by atoms with van der Waals surface area (Å²) in [6.07, 6.45) is 3.39. The van der Waals surface area contributed by atoms with Gasteiger partial charge in [0, 0.05) is 12.6 Å². The highest BCUT2D eigenvalue weighted by atomic mass is 16.2. The van der Waals surface area contributed by atoms with E-state index in [9.17, 15) is 14.4 Å². The lowest BCUT2D eigenvalue weighted by Crippen LogP contribution is -2.52. The van der Waals surface area contributed by atoms with Gasteiger partial charge in [-0.15, -0.1) is 0 Å². The Balaban J connectivity index is 1.93. The van der Waals surface area contributed by atoms with Crippen molar-refractivity contribution in [3.63, 3.8) is 0 Å². The number of likely N-dealkylation sites (tertiary alicyclic amines) is 1. The van der Waals surface area contributed by atoms with Crippen molar-refractivity contribution in [3.8, 4) is 0 Å². The number of amides is 3. The molecule has 0 aliphatic carbocycles. The van der Waals surface area contributed by atoms with Crippen molar-refractivity contribution in [2.24, 2.45) is 5.92 Å². The van der Waals surface area contributed by atoms with Crippen molar-refractivity contribution in [2.45, 2.75) is 58.5 Å². The molecule has 0 spiro atoms. The predicted octanol–water partition coefficient (Wildman–Crippen LogP) is 3.10. The van der Waals surface area contributed by atoms with Crippen LogP contribution >= 0.6 is 0 Å². The standard InChI is InChI=1S/C20H26N2O3/c1-4-14-8-7-11-21(14)20(25)17(12-13(2)3)22-18(23)15-9-5-6-10-16(15)19(22)24/h5-6,9-10,13-14,17H,4,7-8,11-12H2,1-3H3. The maximum Gasteiger partial charge on any atom is 0.262 e. The highest BCUT2D eigenvalue weighted by Gasteiger charge is 2.45. The summed E-state index contributed by atoms with van der Waals surface area (Å²) in [5.74, 6) is -0.549. The molecule has 2 aliphatic heterocycles. The lowest BCUT2D eigenvalue weighted by atomic mass is 10.0. The SMILES string of the molecule is CCC1CCCN1C(=O)C(CC(C)C)N1C(=O)c2ccccc2C1=O. The Morgan fingerprint density at radius 2 is 1.76 bits per heavy atom. The lowest BCUT2D eigenvalue weighted by molar-refractivity contribution is -0.136. The van der Waals surface area contributed by atoms with Crippen LogP contribution in [0.25, 0.3) is 0 Å². The van der Waals surface area contributed by atoms with E-state index >= 15 is 0 Å². The smallest absolute Gasteiger partial charge is 0.262 e. The Morgan fingerprint density at radius 3 is 2.28 bits per heavy atom. The van der Waals surface area contributed by atoms with E-state index in [0.717, 1.165) is 25.8 Å². The molecule has 1 aromatic rings.